The Balaban J connectivity index is 1.23. The van der Waals surface area contributed by atoms with Gasteiger partial charge in [-0.15, -0.1) is 12.6 Å². The number of nitrogens with zero attached hydrogens (tertiary/aromatic N) is 2. The van der Waals surface area contributed by atoms with E-state index in [-0.39, 0.29) is 12.0 Å². The van der Waals surface area contributed by atoms with Crippen molar-refractivity contribution in [2.24, 2.45) is 0 Å². The van der Waals surface area contributed by atoms with E-state index in [0.29, 0.717) is 38.3 Å². The maximum atomic E-state index is 12.9. The van der Waals surface area contributed by atoms with Crippen LogP contribution in [0.5, 0.6) is 0 Å². The number of hydrogen-bond donors (Lipinski definition) is 1. The van der Waals surface area contributed by atoms with Crippen molar-refractivity contribution in [2.45, 2.75) is 17.7 Å². The van der Waals surface area contributed by atoms with E-state index in [1.54, 1.807) is 11.0 Å². The molecular weight excluding hydrogens is 432 g/mol. The molecule has 0 N–H and O–H groups in total. The van der Waals surface area contributed by atoms with Gasteiger partial charge in [-0.1, -0.05) is 48.5 Å². The molecule has 0 atom stereocenters. The fourth-order valence-electron chi connectivity index (χ4n) is 4.97. The standard InChI is InChI=1S/C27H26N2O3S/c1-18-19(16-30)14-20(33)15-26(18)28-10-12-29(13-11-28)27(31)32-17-25-23-8-4-2-6-21(23)22-7-3-5-9-24(22)25/h2-9,14-16,25,33H,10-13,17H2,1H3. The second kappa shape index (κ2) is 8.94. The minimum Gasteiger partial charge on any atom is -0.448 e. The topological polar surface area (TPSA) is 49.9 Å². The number of amides is 1. The first kappa shape index (κ1) is 21.6. The molecule has 1 saturated heterocycles. The van der Waals surface area contributed by atoms with Gasteiger partial charge in [-0.25, -0.2) is 4.79 Å². The molecule has 5 rings (SSSR count). The number of fused-ring (bicyclic) bond motifs is 3. The van der Waals surface area contributed by atoms with Gasteiger partial charge in [0.1, 0.15) is 12.9 Å². The van der Waals surface area contributed by atoms with Gasteiger partial charge in [-0.05, 0) is 46.9 Å². The van der Waals surface area contributed by atoms with Gasteiger partial charge in [0.25, 0.3) is 0 Å². The zero-order valence-electron chi connectivity index (χ0n) is 18.5. The number of ether oxygens (including phenoxy) is 1. The summed E-state index contributed by atoms with van der Waals surface area (Å²) in [5.41, 5.74) is 7.46. The van der Waals surface area contributed by atoms with Crippen LogP contribution < -0.4 is 4.90 Å². The first-order valence-electron chi connectivity index (χ1n) is 11.2. The quantitative estimate of drug-likeness (QED) is 0.433. The molecule has 5 nitrogen and oxygen atoms in total. The van der Waals surface area contributed by atoms with Crippen LogP contribution in [0.25, 0.3) is 11.1 Å². The number of carbonyl (C=O) groups is 2. The van der Waals surface area contributed by atoms with Crippen LogP contribution in [0.1, 0.15) is 33.0 Å². The highest BCUT2D eigenvalue weighted by molar-refractivity contribution is 7.80. The Morgan fingerprint density at radius 1 is 1.00 bits per heavy atom. The molecule has 0 radical (unpaired) electrons. The summed E-state index contributed by atoms with van der Waals surface area (Å²) in [6, 6.07) is 20.4. The molecule has 1 amide bonds. The lowest BCUT2D eigenvalue weighted by Gasteiger charge is -2.36. The highest BCUT2D eigenvalue weighted by Crippen LogP contribution is 2.44. The predicted molar refractivity (Wildman–Crippen MR) is 133 cm³/mol. The third-order valence-corrected chi connectivity index (χ3v) is 7.00. The van der Waals surface area contributed by atoms with Crippen LogP contribution >= 0.6 is 12.6 Å². The molecule has 1 aliphatic heterocycles. The van der Waals surface area contributed by atoms with Crippen molar-refractivity contribution in [2.75, 3.05) is 37.7 Å². The van der Waals surface area contributed by atoms with Crippen LogP contribution in [0, 0.1) is 6.92 Å². The molecule has 0 aromatic heterocycles. The maximum absolute atomic E-state index is 12.9. The number of piperazine rings is 1. The molecule has 3 aromatic carbocycles. The lowest BCUT2D eigenvalue weighted by molar-refractivity contribution is 0.0976. The number of hydrogen-bond acceptors (Lipinski definition) is 5. The highest BCUT2D eigenvalue weighted by atomic mass is 32.1. The van der Waals surface area contributed by atoms with Crippen LogP contribution in [0.15, 0.2) is 65.6 Å². The summed E-state index contributed by atoms with van der Waals surface area (Å²) in [5, 5.41) is 0. The molecule has 1 heterocycles. The van der Waals surface area contributed by atoms with E-state index in [2.05, 4.69) is 41.8 Å². The summed E-state index contributed by atoms with van der Waals surface area (Å²) in [6.07, 6.45) is 0.593. The molecule has 0 bridgehead atoms. The average Bonchev–Trinajstić information content (AvgIpc) is 3.17. The van der Waals surface area contributed by atoms with E-state index in [9.17, 15) is 9.59 Å². The monoisotopic (exact) mass is 458 g/mol. The summed E-state index contributed by atoms with van der Waals surface area (Å²) in [4.78, 5) is 29.0. The van der Waals surface area contributed by atoms with E-state index in [4.69, 9.17) is 4.74 Å². The van der Waals surface area contributed by atoms with Crippen molar-refractivity contribution < 1.29 is 14.3 Å². The lowest BCUT2D eigenvalue weighted by atomic mass is 9.98. The van der Waals surface area contributed by atoms with Crippen molar-refractivity contribution in [1.82, 2.24) is 4.90 Å². The largest absolute Gasteiger partial charge is 0.448 e. The Morgan fingerprint density at radius 3 is 2.21 bits per heavy atom. The van der Waals surface area contributed by atoms with Gasteiger partial charge in [-0.3, -0.25) is 4.79 Å². The van der Waals surface area contributed by atoms with E-state index in [1.165, 1.54) is 22.3 Å². The summed E-state index contributed by atoms with van der Waals surface area (Å²) in [6.45, 7) is 4.79. The number of thiol groups is 1. The second-order valence-electron chi connectivity index (χ2n) is 8.58. The number of aldehydes is 1. The minimum atomic E-state index is -0.273. The average molecular weight is 459 g/mol. The molecule has 0 spiro atoms. The van der Waals surface area contributed by atoms with Gasteiger partial charge >= 0.3 is 6.09 Å². The molecular formula is C27H26N2O3S. The summed E-state index contributed by atoms with van der Waals surface area (Å²) in [7, 11) is 0. The highest BCUT2D eigenvalue weighted by Gasteiger charge is 2.30. The van der Waals surface area contributed by atoms with E-state index in [1.807, 2.05) is 37.3 Å². The molecule has 6 heteroatoms. The van der Waals surface area contributed by atoms with Gasteiger partial charge < -0.3 is 14.5 Å². The van der Waals surface area contributed by atoms with Crippen LogP contribution in [0.3, 0.4) is 0 Å². The van der Waals surface area contributed by atoms with Crippen LogP contribution in [-0.4, -0.2) is 50.1 Å². The summed E-state index contributed by atoms with van der Waals surface area (Å²) in [5.74, 6) is 0.0604. The van der Waals surface area contributed by atoms with E-state index >= 15 is 0 Å². The second-order valence-corrected chi connectivity index (χ2v) is 9.09. The van der Waals surface area contributed by atoms with Gasteiger partial charge in [-0.2, -0.15) is 0 Å². The van der Waals surface area contributed by atoms with Crippen molar-refractivity contribution in [1.29, 1.82) is 0 Å². The fourth-order valence-corrected chi connectivity index (χ4v) is 5.23. The lowest BCUT2D eigenvalue weighted by Crippen LogP contribution is -2.49. The van der Waals surface area contributed by atoms with Crippen LogP contribution in [0.2, 0.25) is 0 Å². The number of benzene rings is 3. The summed E-state index contributed by atoms with van der Waals surface area (Å²) >= 11 is 4.44. The fraction of sp³-hybridized carbons (Fsp3) is 0.259. The first-order valence-corrected chi connectivity index (χ1v) is 11.6. The number of anilines is 1. The van der Waals surface area contributed by atoms with E-state index in [0.717, 1.165) is 22.4 Å². The maximum Gasteiger partial charge on any atom is 0.409 e. The van der Waals surface area contributed by atoms with Crippen molar-refractivity contribution in [3.63, 3.8) is 0 Å². The zero-order valence-corrected chi connectivity index (χ0v) is 19.4. The van der Waals surface area contributed by atoms with Gasteiger partial charge in [0.05, 0.1) is 0 Å². The van der Waals surface area contributed by atoms with Crippen LogP contribution in [-0.2, 0) is 4.74 Å². The summed E-state index contributed by atoms with van der Waals surface area (Å²) < 4.78 is 5.81. The Hall–Kier alpha value is -3.25. The third-order valence-electron chi connectivity index (χ3n) is 6.75. The Bertz CT molecular complexity index is 1170. The van der Waals surface area contributed by atoms with Gasteiger partial charge in [0, 0.05) is 48.2 Å². The first-order chi connectivity index (χ1) is 16.1. The van der Waals surface area contributed by atoms with Crippen molar-refractivity contribution >= 4 is 30.7 Å². The molecule has 33 heavy (non-hydrogen) atoms. The normalized spacial score (nSPS) is 15.2. The molecule has 2 aliphatic rings. The molecule has 168 valence electrons. The SMILES string of the molecule is Cc1c(C=O)cc(S)cc1N1CCN(C(=O)OCC2c3ccccc3-c3ccccc32)CC1. The van der Waals surface area contributed by atoms with Crippen molar-refractivity contribution in [3.05, 3.63) is 82.9 Å². The smallest absolute Gasteiger partial charge is 0.409 e. The molecule has 1 aliphatic carbocycles. The van der Waals surface area contributed by atoms with Crippen molar-refractivity contribution in [3.8, 4) is 11.1 Å². The Labute approximate surface area is 199 Å². The minimum absolute atomic E-state index is 0.0604. The third kappa shape index (κ3) is 4.00. The Kier molecular flexibility index (Phi) is 5.85. The van der Waals surface area contributed by atoms with Crippen LogP contribution in [0.4, 0.5) is 10.5 Å². The van der Waals surface area contributed by atoms with E-state index < -0.39 is 0 Å². The van der Waals surface area contributed by atoms with Gasteiger partial charge in [0.2, 0.25) is 0 Å². The van der Waals surface area contributed by atoms with Gasteiger partial charge in [0.15, 0.2) is 0 Å². The molecule has 1 fully saturated rings. The zero-order chi connectivity index (χ0) is 22.9. The molecule has 0 saturated carbocycles. The predicted octanol–water partition coefficient (Wildman–Crippen LogP) is 5.17. The number of rotatable bonds is 4. The Morgan fingerprint density at radius 2 is 1.61 bits per heavy atom. The number of carbonyl (C=O) groups excluding carboxylic acids is 2. The molecule has 3 aromatic rings. The molecule has 0 unspecified atom stereocenters.